The van der Waals surface area contributed by atoms with Crippen molar-refractivity contribution in [2.24, 2.45) is 22.8 Å². The fraction of sp³-hybridized carbons (Fsp3) is 0.663. The number of carbonyl (C=O) groups excluding carboxylic acids is 13. The summed E-state index contributed by atoms with van der Waals surface area (Å²) in [6.45, 7) is 21.5. The van der Waals surface area contributed by atoms with Crippen LogP contribution in [0.3, 0.4) is 0 Å². The van der Waals surface area contributed by atoms with Gasteiger partial charge >= 0.3 is 24.0 Å². The molecule has 0 aromatic heterocycles. The van der Waals surface area contributed by atoms with E-state index >= 15 is 0 Å². The van der Waals surface area contributed by atoms with Crippen LogP contribution in [0.25, 0.3) is 0 Å². The van der Waals surface area contributed by atoms with Gasteiger partial charge in [-0.3, -0.25) is 57.5 Å². The summed E-state index contributed by atoms with van der Waals surface area (Å²) in [5.41, 5.74) is 14.2. The Balaban J connectivity index is 1.22. The van der Waals surface area contributed by atoms with Crippen molar-refractivity contribution in [1.82, 2.24) is 47.9 Å². The highest BCUT2D eigenvalue weighted by Crippen LogP contribution is 2.32. The molecule has 0 bridgehead atoms. The number of anilines is 1. The number of hydrogen-bond donors (Lipinski definition) is 12. The van der Waals surface area contributed by atoms with E-state index in [4.69, 9.17) is 68.3 Å². The Morgan fingerprint density at radius 2 is 0.713 bits per heavy atom. The second-order valence-corrected chi connectivity index (χ2v) is 33.0. The van der Waals surface area contributed by atoms with Crippen molar-refractivity contribution in [2.75, 3.05) is 163 Å². The zero-order valence-electron chi connectivity index (χ0n) is 77.1. The molecule has 0 aliphatic heterocycles. The summed E-state index contributed by atoms with van der Waals surface area (Å²) in [4.78, 5) is 163. The molecule has 0 heterocycles. The number of hydrogen-bond acceptors (Lipinski definition) is 27. The molecule has 37 heteroatoms. The SMILES string of the molecule is C[C@@H](C[C@H](Cc1ccc(OC(=O)CCCNC(=O)[C@@H](N)CCCCNC(=O)CCCOCCOCCNC(=O)CCCOCCOCCNC(=O)CC(=O)OCc2ccccc2)c(NC(=O)CCCNC(=O)[C@@H](N)CCCCNC(=O)CCCOCCOCCNC(=O)CCCOCCOCCNC(=O)CC(=O)OCc2ccccc2)c1)NC(=O)OC(C)(C)C)C(C)(C)C. The Bertz CT molecular complexity index is 3690. The van der Waals surface area contributed by atoms with Gasteiger partial charge in [0.1, 0.15) is 31.7 Å². The van der Waals surface area contributed by atoms with Crippen LogP contribution in [0, 0.1) is 11.3 Å². The molecule has 726 valence electrons. The van der Waals surface area contributed by atoms with E-state index in [9.17, 15) is 62.3 Å². The quantitative estimate of drug-likeness (QED) is 0.0101. The molecule has 14 N–H and O–H groups in total. The van der Waals surface area contributed by atoms with Gasteiger partial charge in [-0.1, -0.05) is 94.4 Å². The van der Waals surface area contributed by atoms with Gasteiger partial charge in [-0.2, -0.15) is 0 Å². The topological polar surface area (TPSA) is 505 Å². The second-order valence-electron chi connectivity index (χ2n) is 33.0. The molecule has 129 heavy (non-hydrogen) atoms. The lowest BCUT2D eigenvalue weighted by Gasteiger charge is -2.32. The average Bonchev–Trinajstić information content (AvgIpc) is 0.833. The van der Waals surface area contributed by atoms with Crippen molar-refractivity contribution in [1.29, 1.82) is 0 Å². The highest BCUT2D eigenvalue weighted by molar-refractivity contribution is 5.95. The Kier molecular flexibility index (Phi) is 62.4. The van der Waals surface area contributed by atoms with E-state index in [1.807, 2.05) is 60.7 Å². The smallest absolute Gasteiger partial charge is 0.407 e. The van der Waals surface area contributed by atoms with Crippen LogP contribution in [0.2, 0.25) is 0 Å². The van der Waals surface area contributed by atoms with Crippen molar-refractivity contribution in [3.05, 3.63) is 95.6 Å². The molecule has 0 fully saturated rings. The van der Waals surface area contributed by atoms with Gasteiger partial charge in [0, 0.05) is 123 Å². The third-order valence-electron chi connectivity index (χ3n) is 19.4. The van der Waals surface area contributed by atoms with E-state index in [-0.39, 0.29) is 181 Å². The summed E-state index contributed by atoms with van der Waals surface area (Å²) < 4.78 is 65.8. The van der Waals surface area contributed by atoms with Crippen LogP contribution in [0.4, 0.5) is 10.5 Å². The van der Waals surface area contributed by atoms with E-state index < -0.39 is 59.4 Å². The van der Waals surface area contributed by atoms with Gasteiger partial charge in [0.15, 0.2) is 5.75 Å². The predicted octanol–water partition coefficient (Wildman–Crippen LogP) is 6.04. The Hall–Kier alpha value is -9.83. The van der Waals surface area contributed by atoms with Crippen molar-refractivity contribution in [3.8, 4) is 5.75 Å². The maximum atomic E-state index is 13.6. The monoisotopic (exact) mass is 1820 g/mol. The number of ether oxygens (including phenoxy) is 12. The molecule has 0 radical (unpaired) electrons. The summed E-state index contributed by atoms with van der Waals surface area (Å²) in [6, 6.07) is 21.4. The summed E-state index contributed by atoms with van der Waals surface area (Å²) >= 11 is 0. The molecule has 37 nitrogen and oxygen atoms in total. The van der Waals surface area contributed by atoms with Gasteiger partial charge in [-0.15, -0.1) is 0 Å². The molecule has 10 amide bonds. The van der Waals surface area contributed by atoms with Crippen LogP contribution in [-0.2, 0) is 129 Å². The molecule has 0 unspecified atom stereocenters. The highest BCUT2D eigenvalue weighted by Gasteiger charge is 2.28. The highest BCUT2D eigenvalue weighted by atomic mass is 16.6. The van der Waals surface area contributed by atoms with Crippen LogP contribution in [0.15, 0.2) is 78.9 Å². The zero-order valence-corrected chi connectivity index (χ0v) is 77.1. The lowest BCUT2D eigenvalue weighted by atomic mass is 9.78. The number of alkyl carbamates (subject to hydrolysis) is 1. The van der Waals surface area contributed by atoms with Crippen LogP contribution < -0.4 is 69.4 Å². The largest absolute Gasteiger partial charge is 0.460 e. The maximum absolute atomic E-state index is 13.6. The summed E-state index contributed by atoms with van der Waals surface area (Å²) in [5, 5.41) is 28.0. The maximum Gasteiger partial charge on any atom is 0.407 e. The van der Waals surface area contributed by atoms with E-state index in [0.717, 1.165) is 16.7 Å². The number of benzene rings is 3. The van der Waals surface area contributed by atoms with Gasteiger partial charge in [0.05, 0.1) is 97.1 Å². The zero-order chi connectivity index (χ0) is 94.4. The lowest BCUT2D eigenvalue weighted by molar-refractivity contribution is -0.149. The van der Waals surface area contributed by atoms with E-state index in [1.165, 1.54) is 0 Å². The van der Waals surface area contributed by atoms with Gasteiger partial charge in [0.25, 0.3) is 0 Å². The first-order valence-corrected chi connectivity index (χ1v) is 45.2. The van der Waals surface area contributed by atoms with Gasteiger partial charge in [-0.05, 0) is 151 Å². The van der Waals surface area contributed by atoms with E-state index in [2.05, 4.69) is 80.9 Å². The third-order valence-corrected chi connectivity index (χ3v) is 19.4. The van der Waals surface area contributed by atoms with Gasteiger partial charge < -0.3 is 121 Å². The number of nitrogens with two attached hydrogens (primary N) is 2. The number of carbonyl (C=O) groups is 13. The minimum atomic E-state index is -0.813. The molecule has 3 rings (SSSR count). The average molecular weight is 1820 g/mol. The molecule has 0 saturated carbocycles. The molecular formula is C92H148N12O25. The third kappa shape index (κ3) is 63.7. The molecule has 4 atom stereocenters. The van der Waals surface area contributed by atoms with Crippen LogP contribution in [0.1, 0.15) is 200 Å². The fourth-order valence-electron chi connectivity index (χ4n) is 11.9. The van der Waals surface area contributed by atoms with Gasteiger partial charge in [0.2, 0.25) is 53.2 Å². The molecule has 3 aromatic rings. The first-order chi connectivity index (χ1) is 61.9. The molecule has 0 aliphatic rings. The van der Waals surface area contributed by atoms with Gasteiger partial charge in [-0.25, -0.2) is 4.79 Å². The molecule has 0 aliphatic carbocycles. The minimum absolute atomic E-state index is 0.0163. The molecule has 0 saturated heterocycles. The number of rotatable bonds is 75. The molecule has 0 spiro atoms. The number of amides is 10. The van der Waals surface area contributed by atoms with Crippen molar-refractivity contribution in [3.63, 3.8) is 0 Å². The van der Waals surface area contributed by atoms with E-state index in [0.29, 0.717) is 196 Å². The summed E-state index contributed by atoms with van der Waals surface area (Å²) in [6.07, 6.45) is 6.27. The number of esters is 3. The summed E-state index contributed by atoms with van der Waals surface area (Å²) in [7, 11) is 0. The minimum Gasteiger partial charge on any atom is -0.460 e. The van der Waals surface area contributed by atoms with Crippen LogP contribution in [-0.4, -0.2) is 259 Å². The first-order valence-electron chi connectivity index (χ1n) is 45.2. The Morgan fingerprint density at radius 1 is 0.357 bits per heavy atom. The Morgan fingerprint density at radius 3 is 1.10 bits per heavy atom. The lowest BCUT2D eigenvalue weighted by Crippen LogP contribution is -2.42. The van der Waals surface area contributed by atoms with Crippen molar-refractivity contribution < 1.29 is 119 Å². The van der Waals surface area contributed by atoms with Crippen molar-refractivity contribution in [2.45, 2.75) is 227 Å². The number of nitrogens with one attached hydrogen (secondary N) is 10. The van der Waals surface area contributed by atoms with Crippen molar-refractivity contribution >= 4 is 82.9 Å². The Labute approximate surface area is 760 Å². The normalized spacial score (nSPS) is 12.2. The first kappa shape index (κ1) is 113. The molecule has 3 aromatic carbocycles. The number of unbranched alkanes of at least 4 members (excludes halogenated alkanes) is 2. The predicted molar refractivity (Wildman–Crippen MR) is 482 cm³/mol. The standard InChI is InChI=1S/C92H148N12O25/c1-69(91(2,3)4)62-73(103-90(117)129-92(5,6)7)63-72-36-37-77(128-85(112)35-19-41-102-89(116)75(94)29-15-17-39-96-79(106)32-21-47-119-55-59-123-51-43-98-81(108)34-23-49-121-57-61-125-53-45-100-84(111)66-87(114)127-68-71-26-12-9-13-27-71)76(64-72)104-82(109)30-18-40-101-88(115)74(93)28-14-16-38-95-78(105)31-20-46-118-54-58-122-50-42-97-80(107)33-22-48-120-56-60-124-52-44-99-83(110)65-86(113)126-67-70-24-10-8-11-25-70/h8-13,24-27,36-37,64,69,73-75H,14-23,28-35,38-63,65-68,93-94H2,1-7H3,(H,95,105)(H,96,106)(H,97,107)(H,98,108)(H,99,110)(H,100,111)(H,101,115)(H,102,116)(H,103,117)(H,104,109)/t69-,73+,74-,75-/m0/s1. The fourth-order valence-corrected chi connectivity index (χ4v) is 11.9. The van der Waals surface area contributed by atoms with Crippen LogP contribution in [0.5, 0.6) is 5.75 Å². The second kappa shape index (κ2) is 71.0. The molecular weight excluding hydrogens is 1670 g/mol. The van der Waals surface area contributed by atoms with Crippen LogP contribution >= 0.6 is 0 Å². The van der Waals surface area contributed by atoms with E-state index in [1.54, 1.807) is 39.0 Å². The summed E-state index contributed by atoms with van der Waals surface area (Å²) in [5.74, 6) is -4.19.